The SMILES string of the molecule is N=C(N)c1cccc(OC(C(=O)Nc2ccc(C(=O)N3CCCC3)cc2F)c2ccccc2)c1. The molecule has 3 aromatic rings. The molecule has 0 aromatic heterocycles. The maximum Gasteiger partial charge on any atom is 0.270 e. The molecule has 34 heavy (non-hydrogen) atoms. The normalized spacial score (nSPS) is 13.9. The maximum atomic E-state index is 14.8. The van der Waals surface area contributed by atoms with E-state index in [2.05, 4.69) is 5.32 Å². The molecule has 1 atom stereocenters. The van der Waals surface area contributed by atoms with Gasteiger partial charge in [-0.3, -0.25) is 15.0 Å². The largest absolute Gasteiger partial charge is 0.476 e. The summed E-state index contributed by atoms with van der Waals surface area (Å²) in [5, 5.41) is 10.2. The van der Waals surface area contributed by atoms with E-state index in [4.69, 9.17) is 15.9 Å². The zero-order valence-corrected chi connectivity index (χ0v) is 18.5. The van der Waals surface area contributed by atoms with Crippen LogP contribution in [0, 0.1) is 11.2 Å². The summed E-state index contributed by atoms with van der Waals surface area (Å²) in [4.78, 5) is 27.4. The number of hydrogen-bond acceptors (Lipinski definition) is 4. The molecule has 0 saturated carbocycles. The van der Waals surface area contributed by atoms with Crippen LogP contribution in [0.5, 0.6) is 5.75 Å². The van der Waals surface area contributed by atoms with E-state index in [0.29, 0.717) is 30.0 Å². The van der Waals surface area contributed by atoms with E-state index in [1.165, 1.54) is 12.1 Å². The summed E-state index contributed by atoms with van der Waals surface area (Å²) in [6, 6.07) is 19.4. The van der Waals surface area contributed by atoms with Gasteiger partial charge in [0.15, 0.2) is 0 Å². The first-order valence-electron chi connectivity index (χ1n) is 11.0. The quantitative estimate of drug-likeness (QED) is 0.364. The van der Waals surface area contributed by atoms with E-state index < -0.39 is 17.8 Å². The number of rotatable bonds is 7. The molecule has 0 bridgehead atoms. The Bertz CT molecular complexity index is 1210. The van der Waals surface area contributed by atoms with E-state index >= 15 is 0 Å². The summed E-state index contributed by atoms with van der Waals surface area (Å²) in [5.74, 6) is -1.30. The summed E-state index contributed by atoms with van der Waals surface area (Å²) >= 11 is 0. The van der Waals surface area contributed by atoms with Gasteiger partial charge in [-0.2, -0.15) is 0 Å². The molecule has 0 radical (unpaired) electrons. The number of benzene rings is 3. The van der Waals surface area contributed by atoms with Gasteiger partial charge in [0.25, 0.3) is 11.8 Å². The Labute approximate surface area is 196 Å². The van der Waals surface area contributed by atoms with Crippen LogP contribution in [0.15, 0.2) is 72.8 Å². The van der Waals surface area contributed by atoms with Gasteiger partial charge in [0.05, 0.1) is 5.69 Å². The standard InChI is InChI=1S/C26H25FN4O3/c27-21-16-19(26(33)31-13-4-5-14-31)11-12-22(21)30-25(32)23(17-7-2-1-3-8-17)34-20-10-6-9-18(15-20)24(28)29/h1-3,6-12,15-16,23H,4-5,13-14H2,(H3,28,29)(H,30,32). The van der Waals surface area contributed by atoms with Crippen LogP contribution in [0.4, 0.5) is 10.1 Å². The summed E-state index contributed by atoms with van der Waals surface area (Å²) in [6.45, 7) is 1.33. The lowest BCUT2D eigenvalue weighted by Crippen LogP contribution is -2.28. The van der Waals surface area contributed by atoms with Gasteiger partial charge in [0.2, 0.25) is 6.10 Å². The lowest BCUT2D eigenvalue weighted by molar-refractivity contribution is -0.123. The van der Waals surface area contributed by atoms with Gasteiger partial charge in [0.1, 0.15) is 17.4 Å². The molecule has 1 heterocycles. The number of nitrogens with one attached hydrogen (secondary N) is 2. The number of likely N-dealkylation sites (tertiary alicyclic amines) is 1. The van der Waals surface area contributed by atoms with Crippen molar-refractivity contribution >= 4 is 23.3 Å². The van der Waals surface area contributed by atoms with E-state index in [-0.39, 0.29) is 23.0 Å². The Kier molecular flexibility index (Phi) is 6.87. The molecular formula is C26H25FN4O3. The summed E-state index contributed by atoms with van der Waals surface area (Å²) in [7, 11) is 0. The van der Waals surface area contributed by atoms with Gasteiger partial charge in [-0.1, -0.05) is 42.5 Å². The molecule has 0 spiro atoms. The van der Waals surface area contributed by atoms with Crippen molar-refractivity contribution in [1.29, 1.82) is 5.41 Å². The van der Waals surface area contributed by atoms with Crippen LogP contribution in [0.1, 0.15) is 40.4 Å². The molecule has 1 aliphatic rings. The van der Waals surface area contributed by atoms with Crippen molar-refractivity contribution in [3.05, 3.63) is 95.3 Å². The second-order valence-electron chi connectivity index (χ2n) is 8.03. The number of anilines is 1. The molecule has 8 heteroatoms. The molecule has 174 valence electrons. The van der Waals surface area contributed by atoms with Gasteiger partial charge in [0, 0.05) is 29.8 Å². The maximum absolute atomic E-state index is 14.8. The fourth-order valence-corrected chi connectivity index (χ4v) is 3.82. The van der Waals surface area contributed by atoms with E-state index in [1.54, 1.807) is 53.4 Å². The highest BCUT2D eigenvalue weighted by molar-refractivity contribution is 5.98. The zero-order chi connectivity index (χ0) is 24.1. The number of amides is 2. The van der Waals surface area contributed by atoms with Gasteiger partial charge in [-0.25, -0.2) is 4.39 Å². The average molecular weight is 461 g/mol. The van der Waals surface area contributed by atoms with Crippen LogP contribution in [0.25, 0.3) is 0 Å². The summed E-state index contributed by atoms with van der Waals surface area (Å²) < 4.78 is 20.8. The third kappa shape index (κ3) is 5.23. The van der Waals surface area contributed by atoms with Crippen LogP contribution in [-0.2, 0) is 4.79 Å². The highest BCUT2D eigenvalue weighted by Gasteiger charge is 2.25. The smallest absolute Gasteiger partial charge is 0.270 e. The molecule has 7 nitrogen and oxygen atoms in total. The third-order valence-electron chi connectivity index (χ3n) is 5.61. The van der Waals surface area contributed by atoms with Crippen LogP contribution < -0.4 is 15.8 Å². The molecule has 2 amide bonds. The van der Waals surface area contributed by atoms with Crippen LogP contribution in [0.3, 0.4) is 0 Å². The second kappa shape index (κ2) is 10.2. The number of ether oxygens (including phenoxy) is 1. The van der Waals surface area contributed by atoms with Crippen molar-refractivity contribution in [1.82, 2.24) is 4.90 Å². The second-order valence-corrected chi connectivity index (χ2v) is 8.03. The lowest BCUT2D eigenvalue weighted by Gasteiger charge is -2.20. The predicted octanol–water partition coefficient (Wildman–Crippen LogP) is 4.10. The van der Waals surface area contributed by atoms with Gasteiger partial charge < -0.3 is 20.7 Å². The number of nitrogen functional groups attached to an aromatic ring is 1. The highest BCUT2D eigenvalue weighted by atomic mass is 19.1. The number of hydrogen-bond donors (Lipinski definition) is 3. The minimum atomic E-state index is -1.09. The topological polar surface area (TPSA) is 109 Å². The number of nitrogens with two attached hydrogens (primary N) is 1. The molecule has 1 fully saturated rings. The molecule has 1 saturated heterocycles. The number of amidine groups is 1. The van der Waals surface area contributed by atoms with Crippen molar-refractivity contribution in [2.75, 3.05) is 18.4 Å². The first-order chi connectivity index (χ1) is 16.4. The monoisotopic (exact) mass is 460 g/mol. The van der Waals surface area contributed by atoms with Crippen molar-refractivity contribution in [2.45, 2.75) is 18.9 Å². The number of nitrogens with zero attached hydrogens (tertiary/aromatic N) is 1. The van der Waals surface area contributed by atoms with Crippen LogP contribution in [0.2, 0.25) is 0 Å². The predicted molar refractivity (Wildman–Crippen MR) is 127 cm³/mol. The van der Waals surface area contributed by atoms with Gasteiger partial charge >= 0.3 is 0 Å². The third-order valence-corrected chi connectivity index (χ3v) is 5.61. The molecule has 4 rings (SSSR count). The minimum Gasteiger partial charge on any atom is -0.476 e. The van der Waals surface area contributed by atoms with Crippen molar-refractivity contribution in [3.8, 4) is 5.75 Å². The van der Waals surface area contributed by atoms with Crippen molar-refractivity contribution in [3.63, 3.8) is 0 Å². The molecule has 3 aromatic carbocycles. The zero-order valence-electron chi connectivity index (χ0n) is 18.5. The van der Waals surface area contributed by atoms with Crippen molar-refractivity contribution in [2.24, 2.45) is 5.73 Å². The molecular weight excluding hydrogens is 435 g/mol. The fraction of sp³-hybridized carbons (Fsp3) is 0.192. The van der Waals surface area contributed by atoms with Crippen LogP contribution >= 0.6 is 0 Å². The Morgan fingerprint density at radius 1 is 0.971 bits per heavy atom. The van der Waals surface area contributed by atoms with E-state index in [1.807, 2.05) is 6.07 Å². The number of carbonyl (C=O) groups is 2. The van der Waals surface area contributed by atoms with E-state index in [9.17, 15) is 14.0 Å². The molecule has 1 aliphatic heterocycles. The minimum absolute atomic E-state index is 0.0509. The molecule has 4 N–H and O–H groups in total. The molecule has 1 unspecified atom stereocenters. The Morgan fingerprint density at radius 3 is 2.38 bits per heavy atom. The van der Waals surface area contributed by atoms with Gasteiger partial charge in [-0.05, 0) is 43.2 Å². The van der Waals surface area contributed by atoms with Crippen LogP contribution in [-0.4, -0.2) is 35.6 Å². The average Bonchev–Trinajstić information content (AvgIpc) is 3.39. The molecule has 0 aliphatic carbocycles. The fourth-order valence-electron chi connectivity index (χ4n) is 3.82. The lowest BCUT2D eigenvalue weighted by atomic mass is 10.1. The number of carbonyl (C=O) groups excluding carboxylic acids is 2. The Balaban J connectivity index is 1.55. The number of halogens is 1. The van der Waals surface area contributed by atoms with Gasteiger partial charge in [-0.15, -0.1) is 0 Å². The van der Waals surface area contributed by atoms with E-state index in [0.717, 1.165) is 18.9 Å². The highest BCUT2D eigenvalue weighted by Crippen LogP contribution is 2.26. The first-order valence-corrected chi connectivity index (χ1v) is 11.0. The Morgan fingerprint density at radius 2 is 1.71 bits per heavy atom. The first kappa shape index (κ1) is 23.0. The Hall–Kier alpha value is -4.20. The summed E-state index contributed by atoms with van der Waals surface area (Å²) in [5.41, 5.74) is 6.77. The summed E-state index contributed by atoms with van der Waals surface area (Å²) in [6.07, 6.45) is 0.797. The van der Waals surface area contributed by atoms with Crippen molar-refractivity contribution < 1.29 is 18.7 Å².